The first kappa shape index (κ1) is 47.4. The van der Waals surface area contributed by atoms with Crippen LogP contribution in [0.2, 0.25) is 0 Å². The Kier molecular flexibility index (Phi) is 12.2. The lowest BCUT2D eigenvalue weighted by Gasteiger charge is -2.43. The zero-order valence-electron chi connectivity index (χ0n) is 24.0. The summed E-state index contributed by atoms with van der Waals surface area (Å²) in [7, 11) is 0. The SMILES string of the molecule is C=C(C)C(=O)OCC(C)(C)CCC(F)(F)C(F)(F)C(F)(F)C(F)(F)C(F)(F)C(F)(F)OC(F)(F)C(F)(F)C(F)(F)C(F)(F)C(F)(F)C(F)(F)F. The molecular weight excluding hydrogens is 787 g/mol. The van der Waals surface area contributed by atoms with Gasteiger partial charge < -0.3 is 4.74 Å². The highest BCUT2D eigenvalue weighted by atomic mass is 19.4. The Morgan fingerprint density at radius 1 is 0.480 bits per heavy atom. The summed E-state index contributed by atoms with van der Waals surface area (Å²) in [5.41, 5.74) is -2.38. The molecule has 0 N–H and O–H groups in total. The Morgan fingerprint density at radius 2 is 0.780 bits per heavy atom. The van der Waals surface area contributed by atoms with Gasteiger partial charge in [0.25, 0.3) is 0 Å². The van der Waals surface area contributed by atoms with Crippen molar-refractivity contribution in [3.63, 3.8) is 0 Å². The van der Waals surface area contributed by atoms with E-state index in [4.69, 9.17) is 0 Å². The second kappa shape index (κ2) is 12.8. The van der Waals surface area contributed by atoms with Crippen molar-refractivity contribution in [3.8, 4) is 0 Å². The molecule has 0 saturated carbocycles. The molecule has 0 saturated heterocycles. The van der Waals surface area contributed by atoms with E-state index in [-0.39, 0.29) is 5.57 Å². The van der Waals surface area contributed by atoms with Gasteiger partial charge in [-0.3, -0.25) is 0 Å². The summed E-state index contributed by atoms with van der Waals surface area (Å²) >= 11 is 0. The van der Waals surface area contributed by atoms with E-state index in [1.165, 1.54) is 0 Å². The lowest BCUT2D eigenvalue weighted by molar-refractivity contribution is -0.527. The second-order valence-corrected chi connectivity index (χ2v) is 11.0. The van der Waals surface area contributed by atoms with Crippen LogP contribution in [0.5, 0.6) is 0 Å². The van der Waals surface area contributed by atoms with Crippen molar-refractivity contribution in [1.82, 2.24) is 0 Å². The lowest BCUT2D eigenvalue weighted by atomic mass is 9.84. The molecule has 0 aliphatic heterocycles. The topological polar surface area (TPSA) is 35.5 Å². The average Bonchev–Trinajstić information content (AvgIpc) is 2.88. The lowest BCUT2D eigenvalue weighted by Crippen LogP contribution is -2.73. The van der Waals surface area contributed by atoms with Crippen molar-refractivity contribution in [2.24, 2.45) is 5.41 Å². The molecule has 0 aromatic rings. The maximum Gasteiger partial charge on any atom is 0.460 e. The fourth-order valence-corrected chi connectivity index (χ4v) is 2.96. The Balaban J connectivity index is 6.76. The average molecular weight is 804 g/mol. The number of ether oxygens (including phenoxy) is 2. The fourth-order valence-electron chi connectivity index (χ4n) is 2.96. The summed E-state index contributed by atoms with van der Waals surface area (Å²) in [4.78, 5) is 11.3. The molecule has 0 aromatic heterocycles. The largest absolute Gasteiger partial charge is 0.462 e. The van der Waals surface area contributed by atoms with E-state index in [2.05, 4.69) is 11.3 Å². The predicted molar refractivity (Wildman–Crippen MR) is 110 cm³/mol. The number of rotatable bonds is 17. The van der Waals surface area contributed by atoms with Crippen molar-refractivity contribution in [2.45, 2.75) is 105 Å². The first-order chi connectivity index (χ1) is 21.2. The molecule has 3 nitrogen and oxygen atoms in total. The van der Waals surface area contributed by atoms with Gasteiger partial charge in [0.15, 0.2) is 0 Å². The number of esters is 1. The van der Waals surface area contributed by atoms with E-state index < -0.39 is 103 Å². The standard InChI is InChI=1S/C22H17F25O3/c1-8(2)9(48)49-7-10(3,4)5-6-11(23,24)12(25,26)13(27,28)15(31,32)18(37,38)21(44,45)50-22(46,47)19(39,40)16(33,34)14(29,30)17(35,36)20(41,42)43/h1,5-7H2,2-4H3. The van der Waals surface area contributed by atoms with Crippen LogP contribution < -0.4 is 0 Å². The predicted octanol–water partition coefficient (Wildman–Crippen LogP) is 10.4. The molecule has 0 spiro atoms. The van der Waals surface area contributed by atoms with E-state index in [0.717, 1.165) is 25.5 Å². The van der Waals surface area contributed by atoms with Crippen LogP contribution in [0, 0.1) is 5.41 Å². The number of carbonyl (C=O) groups is 1. The van der Waals surface area contributed by atoms with Gasteiger partial charge >= 0.3 is 77.7 Å². The highest BCUT2D eigenvalue weighted by Gasteiger charge is 2.94. The van der Waals surface area contributed by atoms with Crippen molar-refractivity contribution < 1.29 is 124 Å². The maximum atomic E-state index is 14.2. The molecule has 0 aromatic carbocycles. The number of halogens is 25. The van der Waals surface area contributed by atoms with Crippen molar-refractivity contribution in [1.29, 1.82) is 0 Å². The molecule has 0 heterocycles. The highest BCUT2D eigenvalue weighted by molar-refractivity contribution is 5.86. The van der Waals surface area contributed by atoms with Gasteiger partial charge in [0.2, 0.25) is 0 Å². The number of hydrogen-bond donors (Lipinski definition) is 0. The normalized spacial score (nSPS) is 16.1. The molecule has 0 unspecified atom stereocenters. The van der Waals surface area contributed by atoms with E-state index in [1.807, 2.05) is 0 Å². The molecule has 0 aliphatic carbocycles. The Morgan fingerprint density at radius 3 is 1.08 bits per heavy atom. The molecule has 298 valence electrons. The minimum absolute atomic E-state index is 0.364. The fraction of sp³-hybridized carbons (Fsp3) is 0.864. The molecule has 0 amide bonds. The van der Waals surface area contributed by atoms with Gasteiger partial charge in [-0.2, -0.15) is 110 Å². The number of alkyl halides is 25. The molecule has 28 heteroatoms. The molecule has 0 rings (SSSR count). The van der Waals surface area contributed by atoms with E-state index in [1.54, 1.807) is 0 Å². The van der Waals surface area contributed by atoms with Crippen LogP contribution in [0.25, 0.3) is 0 Å². The first-order valence-electron chi connectivity index (χ1n) is 12.0. The number of carbonyl (C=O) groups excluding carboxylic acids is 1. The van der Waals surface area contributed by atoms with Crippen molar-refractivity contribution in [2.75, 3.05) is 6.61 Å². The Bertz CT molecular complexity index is 1250. The summed E-state index contributed by atoms with van der Waals surface area (Å²) in [5.74, 6) is -78.3. The maximum absolute atomic E-state index is 14.2. The zero-order chi connectivity index (χ0) is 41.2. The molecule has 0 fully saturated rings. The van der Waals surface area contributed by atoms with Gasteiger partial charge in [-0.15, -0.1) is 0 Å². The van der Waals surface area contributed by atoms with Gasteiger partial charge in [-0.1, -0.05) is 20.4 Å². The van der Waals surface area contributed by atoms with E-state index >= 15 is 0 Å². The summed E-state index contributed by atoms with van der Waals surface area (Å²) in [5, 5.41) is 0. The van der Waals surface area contributed by atoms with Crippen LogP contribution in [0.4, 0.5) is 110 Å². The van der Waals surface area contributed by atoms with Crippen LogP contribution in [-0.2, 0) is 14.3 Å². The summed E-state index contributed by atoms with van der Waals surface area (Å²) < 4.78 is 342. The third-order valence-electron chi connectivity index (χ3n) is 6.23. The van der Waals surface area contributed by atoms with Crippen LogP contribution in [0.1, 0.15) is 33.6 Å². The van der Waals surface area contributed by atoms with Crippen LogP contribution >= 0.6 is 0 Å². The van der Waals surface area contributed by atoms with Crippen LogP contribution in [0.3, 0.4) is 0 Å². The molecule has 50 heavy (non-hydrogen) atoms. The third kappa shape index (κ3) is 7.35. The third-order valence-corrected chi connectivity index (χ3v) is 6.23. The highest BCUT2D eigenvalue weighted by Crippen LogP contribution is 2.64. The quantitative estimate of drug-likeness (QED) is 0.0835. The van der Waals surface area contributed by atoms with E-state index in [0.29, 0.717) is 0 Å². The Labute approximate surface area is 260 Å². The van der Waals surface area contributed by atoms with E-state index in [9.17, 15) is 115 Å². The Hall–Kier alpha value is -2.58. The smallest absolute Gasteiger partial charge is 0.460 e. The minimum Gasteiger partial charge on any atom is -0.462 e. The summed E-state index contributed by atoms with van der Waals surface area (Å²) in [6, 6.07) is 0. The summed E-state index contributed by atoms with van der Waals surface area (Å²) in [6.45, 7) is 4.48. The van der Waals surface area contributed by atoms with Crippen LogP contribution in [-0.4, -0.2) is 84.3 Å². The molecule has 0 radical (unpaired) electrons. The molecule has 0 atom stereocenters. The van der Waals surface area contributed by atoms with Gasteiger partial charge in [0.1, 0.15) is 0 Å². The van der Waals surface area contributed by atoms with Crippen molar-refractivity contribution >= 4 is 5.97 Å². The van der Waals surface area contributed by atoms with Crippen molar-refractivity contribution in [3.05, 3.63) is 12.2 Å². The second-order valence-electron chi connectivity index (χ2n) is 11.0. The first-order valence-corrected chi connectivity index (χ1v) is 12.0. The molecule has 0 bridgehead atoms. The minimum atomic E-state index is -9.09. The van der Waals surface area contributed by atoms with Gasteiger partial charge in [-0.25, -0.2) is 9.53 Å². The van der Waals surface area contributed by atoms with Gasteiger partial charge in [0.05, 0.1) is 6.61 Å². The summed E-state index contributed by atoms with van der Waals surface area (Å²) in [6.07, 6.45) is -30.2. The van der Waals surface area contributed by atoms with Gasteiger partial charge in [0, 0.05) is 12.0 Å². The monoisotopic (exact) mass is 804 g/mol. The molecular formula is C22H17F25O3. The number of hydrogen-bond acceptors (Lipinski definition) is 3. The van der Waals surface area contributed by atoms with Crippen LogP contribution in [0.15, 0.2) is 12.2 Å². The zero-order valence-corrected chi connectivity index (χ0v) is 24.0. The van der Waals surface area contributed by atoms with Gasteiger partial charge in [-0.05, 0) is 18.8 Å². The molecule has 0 aliphatic rings.